The minimum atomic E-state index is 0.383. The topological polar surface area (TPSA) is 32.3 Å². The molecule has 2 aromatic rings. The molecule has 4 nitrogen and oxygen atoms in total. The lowest BCUT2D eigenvalue weighted by Crippen LogP contribution is -2.48. The highest BCUT2D eigenvalue weighted by molar-refractivity contribution is 5.10. The van der Waals surface area contributed by atoms with Crippen molar-refractivity contribution in [3.63, 3.8) is 0 Å². The number of rotatable bonds is 4. The van der Waals surface area contributed by atoms with Crippen LogP contribution in [-0.2, 0) is 0 Å². The van der Waals surface area contributed by atoms with Crippen molar-refractivity contribution >= 4 is 0 Å². The molecule has 0 unspecified atom stereocenters. The molecule has 0 saturated carbocycles. The minimum Gasteiger partial charge on any atom is -0.293 e. The molecular weight excluding hydrogens is 272 g/mol. The Kier molecular flexibility index (Phi) is 4.80. The maximum absolute atomic E-state index is 4.49. The molecule has 1 fully saturated rings. The minimum absolute atomic E-state index is 0.383. The van der Waals surface area contributed by atoms with Crippen LogP contribution in [0.3, 0.4) is 0 Å². The Bertz CT molecular complexity index is 511. The first-order valence-electron chi connectivity index (χ1n) is 8.05. The van der Waals surface area contributed by atoms with Crippen LogP contribution in [0.2, 0.25) is 0 Å². The Labute approximate surface area is 132 Å². The molecule has 1 aliphatic heterocycles. The molecule has 1 saturated heterocycles. The average molecular weight is 296 g/mol. The summed E-state index contributed by atoms with van der Waals surface area (Å²) in [5.74, 6) is 0. The summed E-state index contributed by atoms with van der Waals surface area (Å²) in [5.41, 5.74) is 2.32. The third-order valence-corrected chi connectivity index (χ3v) is 4.68. The Morgan fingerprint density at radius 1 is 0.727 bits per heavy atom. The van der Waals surface area contributed by atoms with Crippen LogP contribution >= 0.6 is 0 Å². The summed E-state index contributed by atoms with van der Waals surface area (Å²) in [6.07, 6.45) is 3.76. The maximum atomic E-state index is 4.49. The van der Waals surface area contributed by atoms with Crippen LogP contribution in [0.1, 0.15) is 37.3 Å². The van der Waals surface area contributed by atoms with Crippen LogP contribution in [-0.4, -0.2) is 45.9 Å². The van der Waals surface area contributed by atoms with Gasteiger partial charge in [0.15, 0.2) is 0 Å². The number of hydrogen-bond donors (Lipinski definition) is 0. The smallest absolute Gasteiger partial charge is 0.0572 e. The van der Waals surface area contributed by atoms with Gasteiger partial charge in [-0.3, -0.25) is 19.8 Å². The first kappa shape index (κ1) is 15.1. The summed E-state index contributed by atoms with van der Waals surface area (Å²) < 4.78 is 0. The van der Waals surface area contributed by atoms with Crippen molar-refractivity contribution < 1.29 is 0 Å². The average Bonchev–Trinajstić information content (AvgIpc) is 2.62. The van der Waals surface area contributed by atoms with E-state index in [0.29, 0.717) is 12.1 Å². The lowest BCUT2D eigenvalue weighted by molar-refractivity contribution is 0.0759. The van der Waals surface area contributed by atoms with Crippen LogP contribution in [0, 0.1) is 0 Å². The number of pyridine rings is 2. The number of aromatic nitrogens is 2. The zero-order valence-electron chi connectivity index (χ0n) is 13.4. The molecule has 0 amide bonds. The fraction of sp³-hybridized carbons (Fsp3) is 0.444. The van der Waals surface area contributed by atoms with E-state index in [9.17, 15) is 0 Å². The Balaban J connectivity index is 1.58. The Morgan fingerprint density at radius 2 is 1.14 bits per heavy atom. The monoisotopic (exact) mass is 296 g/mol. The zero-order valence-corrected chi connectivity index (χ0v) is 13.4. The fourth-order valence-corrected chi connectivity index (χ4v) is 3.13. The van der Waals surface area contributed by atoms with E-state index >= 15 is 0 Å². The van der Waals surface area contributed by atoms with Crippen molar-refractivity contribution in [2.24, 2.45) is 0 Å². The summed E-state index contributed by atoms with van der Waals surface area (Å²) in [7, 11) is 0. The first-order valence-corrected chi connectivity index (χ1v) is 8.05. The predicted molar refractivity (Wildman–Crippen MR) is 88.5 cm³/mol. The van der Waals surface area contributed by atoms with Crippen molar-refractivity contribution in [1.82, 2.24) is 19.8 Å². The van der Waals surface area contributed by atoms with Crippen molar-refractivity contribution in [3.8, 4) is 0 Å². The molecule has 3 heterocycles. The van der Waals surface area contributed by atoms with Gasteiger partial charge in [0.25, 0.3) is 0 Å². The largest absolute Gasteiger partial charge is 0.293 e. The zero-order chi connectivity index (χ0) is 15.4. The van der Waals surface area contributed by atoms with Crippen LogP contribution in [0.25, 0.3) is 0 Å². The fourth-order valence-electron chi connectivity index (χ4n) is 3.13. The highest BCUT2D eigenvalue weighted by atomic mass is 15.3. The van der Waals surface area contributed by atoms with E-state index in [1.807, 2.05) is 24.5 Å². The summed E-state index contributed by atoms with van der Waals surface area (Å²) >= 11 is 0. The van der Waals surface area contributed by atoms with Gasteiger partial charge in [-0.25, -0.2) is 0 Å². The second-order valence-electron chi connectivity index (χ2n) is 5.93. The van der Waals surface area contributed by atoms with E-state index in [4.69, 9.17) is 0 Å². The SMILES string of the molecule is C[C@@H](c1ccccn1)N1CCN([C@@H](C)c2ccccn2)CC1. The van der Waals surface area contributed by atoms with E-state index in [1.165, 1.54) is 0 Å². The second kappa shape index (κ2) is 6.99. The molecule has 0 N–H and O–H groups in total. The molecule has 0 aliphatic carbocycles. The van der Waals surface area contributed by atoms with Gasteiger partial charge in [-0.2, -0.15) is 0 Å². The molecule has 0 aromatic carbocycles. The van der Waals surface area contributed by atoms with Gasteiger partial charge in [-0.05, 0) is 38.1 Å². The van der Waals surface area contributed by atoms with E-state index in [1.54, 1.807) is 0 Å². The van der Waals surface area contributed by atoms with Crippen LogP contribution in [0.5, 0.6) is 0 Å². The predicted octanol–water partition coefficient (Wildman–Crippen LogP) is 2.92. The Hall–Kier alpha value is -1.78. The van der Waals surface area contributed by atoms with Crippen LogP contribution in [0.4, 0.5) is 0 Å². The standard InChI is InChI=1S/C18H24N4/c1-15(17-7-3-5-9-19-17)21-11-13-22(14-12-21)16(2)18-8-4-6-10-20-18/h3-10,15-16H,11-14H2,1-2H3/t15-,16-/m0/s1. The van der Waals surface area contributed by atoms with Gasteiger partial charge in [-0.1, -0.05) is 12.1 Å². The van der Waals surface area contributed by atoms with Crippen LogP contribution < -0.4 is 0 Å². The molecule has 0 radical (unpaired) electrons. The van der Waals surface area contributed by atoms with Crippen molar-refractivity contribution in [3.05, 3.63) is 60.2 Å². The summed E-state index contributed by atoms with van der Waals surface area (Å²) in [6, 6.07) is 13.1. The number of piperazine rings is 1. The summed E-state index contributed by atoms with van der Waals surface area (Å²) in [6.45, 7) is 8.81. The molecule has 116 valence electrons. The molecule has 4 heteroatoms. The van der Waals surface area contributed by atoms with Gasteiger partial charge >= 0.3 is 0 Å². The number of hydrogen-bond acceptors (Lipinski definition) is 4. The molecule has 2 atom stereocenters. The van der Waals surface area contributed by atoms with Gasteiger partial charge in [0.1, 0.15) is 0 Å². The van der Waals surface area contributed by atoms with Gasteiger partial charge in [-0.15, -0.1) is 0 Å². The molecule has 0 spiro atoms. The van der Waals surface area contributed by atoms with E-state index < -0.39 is 0 Å². The van der Waals surface area contributed by atoms with Gasteiger partial charge in [0.2, 0.25) is 0 Å². The summed E-state index contributed by atoms with van der Waals surface area (Å²) in [5, 5.41) is 0. The van der Waals surface area contributed by atoms with Crippen molar-refractivity contribution in [2.45, 2.75) is 25.9 Å². The lowest BCUT2D eigenvalue weighted by Gasteiger charge is -2.40. The third-order valence-electron chi connectivity index (χ3n) is 4.68. The van der Waals surface area contributed by atoms with Gasteiger partial charge in [0, 0.05) is 50.7 Å². The van der Waals surface area contributed by atoms with Crippen molar-refractivity contribution in [2.75, 3.05) is 26.2 Å². The van der Waals surface area contributed by atoms with Crippen molar-refractivity contribution in [1.29, 1.82) is 0 Å². The van der Waals surface area contributed by atoms with Crippen LogP contribution in [0.15, 0.2) is 48.8 Å². The highest BCUT2D eigenvalue weighted by Gasteiger charge is 2.25. The second-order valence-corrected chi connectivity index (χ2v) is 5.93. The van der Waals surface area contributed by atoms with Gasteiger partial charge < -0.3 is 0 Å². The van der Waals surface area contributed by atoms with Gasteiger partial charge in [0.05, 0.1) is 11.4 Å². The van der Waals surface area contributed by atoms with E-state index in [0.717, 1.165) is 37.6 Å². The highest BCUT2D eigenvalue weighted by Crippen LogP contribution is 2.24. The first-order chi connectivity index (χ1) is 10.8. The molecule has 2 aromatic heterocycles. The Morgan fingerprint density at radius 3 is 1.45 bits per heavy atom. The molecule has 1 aliphatic rings. The summed E-state index contributed by atoms with van der Waals surface area (Å²) in [4.78, 5) is 14.0. The lowest BCUT2D eigenvalue weighted by atomic mass is 10.1. The quantitative estimate of drug-likeness (QED) is 0.868. The van der Waals surface area contributed by atoms with E-state index in [2.05, 4.69) is 57.9 Å². The van der Waals surface area contributed by atoms with E-state index in [-0.39, 0.29) is 0 Å². The maximum Gasteiger partial charge on any atom is 0.0572 e. The third kappa shape index (κ3) is 3.34. The molecule has 3 rings (SSSR count). The molecule has 22 heavy (non-hydrogen) atoms. The normalized spacial score (nSPS) is 19.7. The molecule has 0 bridgehead atoms. The number of nitrogens with zero attached hydrogens (tertiary/aromatic N) is 4. The molecular formula is C18H24N4.